The Kier molecular flexibility index (Phi) is 3.66. The molecule has 1 saturated heterocycles. The molecule has 1 aromatic carbocycles. The number of sulfonamides is 1. The Hall–Kier alpha value is -1.64. The van der Waals surface area contributed by atoms with Gasteiger partial charge in [0.05, 0.1) is 6.61 Å². The number of fused-ring (bicyclic) bond motifs is 1. The van der Waals surface area contributed by atoms with E-state index in [0.717, 1.165) is 5.56 Å². The second kappa shape index (κ2) is 5.19. The van der Waals surface area contributed by atoms with Crippen molar-refractivity contribution in [2.24, 2.45) is 0 Å². The van der Waals surface area contributed by atoms with Gasteiger partial charge in [-0.25, -0.2) is 8.42 Å². The van der Waals surface area contributed by atoms with Gasteiger partial charge in [0.25, 0.3) is 0 Å². The van der Waals surface area contributed by atoms with Crippen LogP contribution in [0.15, 0.2) is 23.1 Å². The summed E-state index contributed by atoms with van der Waals surface area (Å²) in [7, 11) is -4.06. The average Bonchev–Trinajstić information content (AvgIpc) is 3.00. The van der Waals surface area contributed by atoms with Gasteiger partial charge in [-0.05, 0) is 25.5 Å². The summed E-state index contributed by atoms with van der Waals surface area (Å²) in [5, 5.41) is 9.41. The van der Waals surface area contributed by atoms with Gasteiger partial charge in [0.1, 0.15) is 16.2 Å². The van der Waals surface area contributed by atoms with E-state index in [-0.39, 0.29) is 24.5 Å². The fourth-order valence-corrected chi connectivity index (χ4v) is 4.52. The molecule has 0 aliphatic carbocycles. The second-order valence-electron chi connectivity index (χ2n) is 6.58. The van der Waals surface area contributed by atoms with Crippen LogP contribution in [0, 0.1) is 0 Å². The van der Waals surface area contributed by atoms with Crippen molar-refractivity contribution in [1.29, 1.82) is 0 Å². The normalized spacial score (nSPS) is 25.8. The molecule has 8 heteroatoms. The number of aliphatic carboxylic acids is 1. The van der Waals surface area contributed by atoms with Crippen molar-refractivity contribution in [2.75, 3.05) is 13.2 Å². The number of hydrogen-bond donors (Lipinski definition) is 2. The number of carboxylic acids is 1. The van der Waals surface area contributed by atoms with Crippen LogP contribution in [-0.2, 0) is 26.0 Å². The molecule has 0 saturated carbocycles. The first kappa shape index (κ1) is 16.2. The van der Waals surface area contributed by atoms with Crippen LogP contribution in [0.3, 0.4) is 0 Å². The van der Waals surface area contributed by atoms with Gasteiger partial charge in [0, 0.05) is 19.4 Å². The Morgan fingerprint density at radius 2 is 2.09 bits per heavy atom. The highest BCUT2D eigenvalue weighted by Crippen LogP contribution is 2.40. The number of carbonyl (C=O) groups is 1. The van der Waals surface area contributed by atoms with E-state index in [1.807, 2.05) is 19.9 Å². The summed E-state index contributed by atoms with van der Waals surface area (Å²) in [5.74, 6) is -0.947. The molecule has 3 rings (SSSR count). The van der Waals surface area contributed by atoms with E-state index in [1.54, 1.807) is 6.07 Å². The minimum Gasteiger partial charge on any atom is -0.486 e. The Morgan fingerprint density at radius 1 is 1.35 bits per heavy atom. The number of nitrogens with one attached hydrogen (secondary N) is 1. The molecule has 1 atom stereocenters. The van der Waals surface area contributed by atoms with Gasteiger partial charge in [-0.2, -0.15) is 4.72 Å². The summed E-state index contributed by atoms with van der Waals surface area (Å²) in [5.41, 5.74) is -1.32. The average molecular weight is 341 g/mol. The van der Waals surface area contributed by atoms with Crippen molar-refractivity contribution in [3.05, 3.63) is 23.8 Å². The molecule has 2 heterocycles. The number of carboxylic acid groups (broad SMARTS) is 1. The number of rotatable bonds is 4. The quantitative estimate of drug-likeness (QED) is 0.844. The second-order valence-corrected chi connectivity index (χ2v) is 8.23. The van der Waals surface area contributed by atoms with Crippen molar-refractivity contribution in [1.82, 2.24) is 4.72 Å². The Morgan fingerprint density at radius 3 is 2.70 bits per heavy atom. The molecule has 1 unspecified atom stereocenters. The van der Waals surface area contributed by atoms with E-state index in [9.17, 15) is 18.3 Å². The molecule has 2 aliphatic heterocycles. The first-order valence-electron chi connectivity index (χ1n) is 7.31. The minimum atomic E-state index is -4.06. The minimum absolute atomic E-state index is 0.0342. The molecule has 0 spiro atoms. The summed E-state index contributed by atoms with van der Waals surface area (Å²) in [6, 6.07) is 4.87. The molecule has 0 bridgehead atoms. The highest BCUT2D eigenvalue weighted by atomic mass is 32.2. The topological polar surface area (TPSA) is 102 Å². The van der Waals surface area contributed by atoms with Gasteiger partial charge in [0.15, 0.2) is 5.54 Å². The van der Waals surface area contributed by atoms with Gasteiger partial charge in [-0.1, -0.05) is 12.1 Å². The van der Waals surface area contributed by atoms with Crippen LogP contribution in [0.5, 0.6) is 5.75 Å². The number of ether oxygens (including phenoxy) is 2. The molecule has 0 amide bonds. The van der Waals surface area contributed by atoms with Crippen LogP contribution in [0.4, 0.5) is 0 Å². The molecular weight excluding hydrogens is 322 g/mol. The maximum atomic E-state index is 12.8. The predicted molar refractivity (Wildman–Crippen MR) is 81.0 cm³/mol. The molecule has 2 N–H and O–H groups in total. The van der Waals surface area contributed by atoms with Crippen molar-refractivity contribution >= 4 is 16.0 Å². The van der Waals surface area contributed by atoms with E-state index in [1.165, 1.54) is 6.07 Å². The lowest BCUT2D eigenvalue weighted by Crippen LogP contribution is -2.55. The third-order valence-electron chi connectivity index (χ3n) is 4.11. The Balaban J connectivity index is 1.99. The van der Waals surface area contributed by atoms with E-state index in [2.05, 4.69) is 4.72 Å². The van der Waals surface area contributed by atoms with Crippen LogP contribution in [0.1, 0.15) is 25.8 Å². The van der Waals surface area contributed by atoms with Gasteiger partial charge in [0.2, 0.25) is 10.0 Å². The Labute approximate surface area is 134 Å². The summed E-state index contributed by atoms with van der Waals surface area (Å²) in [6.45, 7) is 3.76. The summed E-state index contributed by atoms with van der Waals surface area (Å²) < 4.78 is 38.7. The van der Waals surface area contributed by atoms with Gasteiger partial charge in [-0.3, -0.25) is 4.79 Å². The zero-order valence-corrected chi connectivity index (χ0v) is 13.8. The maximum Gasteiger partial charge on any atom is 0.327 e. The molecule has 0 aromatic heterocycles. The Bertz CT molecular complexity index is 749. The zero-order valence-electron chi connectivity index (χ0n) is 13.0. The summed E-state index contributed by atoms with van der Waals surface area (Å²) in [6.07, 6.45) is 0.682. The van der Waals surface area contributed by atoms with Gasteiger partial charge < -0.3 is 14.6 Å². The van der Waals surface area contributed by atoms with E-state index >= 15 is 0 Å². The molecule has 0 radical (unpaired) electrons. The fourth-order valence-electron chi connectivity index (χ4n) is 2.97. The number of hydrogen-bond acceptors (Lipinski definition) is 5. The molecular formula is C15H19NO6S. The van der Waals surface area contributed by atoms with Crippen LogP contribution >= 0.6 is 0 Å². The molecule has 126 valence electrons. The monoisotopic (exact) mass is 341 g/mol. The molecule has 1 aromatic rings. The standard InChI is InChI=1S/C15H19NO6S/c1-14(2)8-10-4-3-5-11(12(10)22-14)23(19,20)16-15(13(17)18)6-7-21-9-15/h3-5,16H,6-9H2,1-2H3,(H,17,18). The number of para-hydroxylation sites is 1. The maximum absolute atomic E-state index is 12.8. The van der Waals surface area contributed by atoms with Crippen molar-refractivity contribution in [2.45, 2.75) is 42.7 Å². The highest BCUT2D eigenvalue weighted by molar-refractivity contribution is 7.89. The molecule has 23 heavy (non-hydrogen) atoms. The molecule has 2 aliphatic rings. The first-order chi connectivity index (χ1) is 10.7. The summed E-state index contributed by atoms with van der Waals surface area (Å²) in [4.78, 5) is 11.5. The van der Waals surface area contributed by atoms with Crippen molar-refractivity contribution < 1.29 is 27.8 Å². The largest absolute Gasteiger partial charge is 0.486 e. The van der Waals surface area contributed by atoms with E-state index in [4.69, 9.17) is 9.47 Å². The van der Waals surface area contributed by atoms with Crippen LogP contribution in [0.25, 0.3) is 0 Å². The summed E-state index contributed by atoms with van der Waals surface area (Å²) >= 11 is 0. The predicted octanol–water partition coefficient (Wildman–Crippen LogP) is 0.922. The van der Waals surface area contributed by atoms with Gasteiger partial charge >= 0.3 is 5.97 Å². The van der Waals surface area contributed by atoms with E-state index < -0.39 is 27.1 Å². The lowest BCUT2D eigenvalue weighted by Gasteiger charge is -2.24. The van der Waals surface area contributed by atoms with Crippen LogP contribution < -0.4 is 9.46 Å². The lowest BCUT2D eigenvalue weighted by atomic mass is 10.0. The first-order valence-corrected chi connectivity index (χ1v) is 8.80. The third kappa shape index (κ3) is 2.82. The molecule has 1 fully saturated rings. The van der Waals surface area contributed by atoms with Crippen molar-refractivity contribution in [3.63, 3.8) is 0 Å². The highest BCUT2D eigenvalue weighted by Gasteiger charge is 2.47. The smallest absolute Gasteiger partial charge is 0.327 e. The van der Waals surface area contributed by atoms with E-state index in [0.29, 0.717) is 12.2 Å². The zero-order chi connectivity index (χ0) is 16.9. The molecule has 7 nitrogen and oxygen atoms in total. The van der Waals surface area contributed by atoms with Crippen molar-refractivity contribution in [3.8, 4) is 5.75 Å². The third-order valence-corrected chi connectivity index (χ3v) is 5.67. The fraction of sp³-hybridized carbons (Fsp3) is 0.533. The van der Waals surface area contributed by atoms with Crippen LogP contribution in [-0.4, -0.2) is 43.8 Å². The SMILES string of the molecule is CC1(C)Cc2cccc(S(=O)(=O)NC3(C(=O)O)CCOC3)c2O1. The number of benzene rings is 1. The lowest BCUT2D eigenvalue weighted by molar-refractivity contribution is -0.144. The van der Waals surface area contributed by atoms with Crippen LogP contribution in [0.2, 0.25) is 0 Å². The van der Waals surface area contributed by atoms with Gasteiger partial charge in [-0.15, -0.1) is 0 Å².